The normalized spacial score (nSPS) is 22.5. The number of anilines is 1. The summed E-state index contributed by atoms with van der Waals surface area (Å²) in [7, 11) is 0. The summed E-state index contributed by atoms with van der Waals surface area (Å²) in [6.07, 6.45) is 3.14. The van der Waals surface area contributed by atoms with Gasteiger partial charge in [-0.2, -0.15) is 0 Å². The molecule has 2 heterocycles. The number of pyridine rings is 1. The molecule has 0 amide bonds. The average molecular weight is 234 g/mol. The van der Waals surface area contributed by atoms with Gasteiger partial charge in [0.05, 0.1) is 25.1 Å². The summed E-state index contributed by atoms with van der Waals surface area (Å²) in [4.78, 5) is 6.95. The van der Waals surface area contributed by atoms with Gasteiger partial charge >= 0.3 is 0 Å². The number of rotatable bonds is 3. The minimum atomic E-state index is 0.444. The highest BCUT2D eigenvalue weighted by molar-refractivity contribution is 5.46. The van der Waals surface area contributed by atoms with Crippen molar-refractivity contribution in [1.82, 2.24) is 4.98 Å². The predicted octanol–water partition coefficient (Wildman–Crippen LogP) is 2.82. The van der Waals surface area contributed by atoms with Crippen LogP contribution >= 0.6 is 0 Å². The molecule has 0 aromatic carbocycles. The van der Waals surface area contributed by atoms with Crippen LogP contribution in [0.4, 0.5) is 5.69 Å². The molecule has 2 rings (SSSR count). The summed E-state index contributed by atoms with van der Waals surface area (Å²) in [5.41, 5.74) is 2.41. The van der Waals surface area contributed by atoms with Crippen LogP contribution in [0.25, 0.3) is 0 Å². The number of aromatic nitrogens is 1. The van der Waals surface area contributed by atoms with Crippen LogP contribution in [0.1, 0.15) is 38.8 Å². The summed E-state index contributed by atoms with van der Waals surface area (Å²) in [6, 6.07) is 4.79. The van der Waals surface area contributed by atoms with Crippen molar-refractivity contribution < 1.29 is 4.74 Å². The lowest BCUT2D eigenvalue weighted by Gasteiger charge is -2.35. The molecule has 0 aliphatic carbocycles. The van der Waals surface area contributed by atoms with Crippen LogP contribution < -0.4 is 4.90 Å². The molecule has 1 aliphatic rings. The maximum absolute atomic E-state index is 5.45. The Morgan fingerprint density at radius 1 is 1.53 bits per heavy atom. The van der Waals surface area contributed by atoms with Crippen LogP contribution in [0.3, 0.4) is 0 Å². The Bertz CT molecular complexity index is 350. The molecule has 1 aromatic heterocycles. The maximum atomic E-state index is 5.45. The SMILES string of the molecule is CCC(C)c1ccc(N2CCOC[C@@H]2C)cn1. The zero-order chi connectivity index (χ0) is 12.3. The highest BCUT2D eigenvalue weighted by atomic mass is 16.5. The van der Waals surface area contributed by atoms with E-state index in [-0.39, 0.29) is 0 Å². The molecule has 94 valence electrons. The Kier molecular flexibility index (Phi) is 4.00. The molecule has 0 radical (unpaired) electrons. The van der Waals surface area contributed by atoms with Gasteiger partial charge in [0.25, 0.3) is 0 Å². The van der Waals surface area contributed by atoms with E-state index in [0.717, 1.165) is 26.2 Å². The van der Waals surface area contributed by atoms with Crippen molar-refractivity contribution in [2.45, 2.75) is 39.2 Å². The van der Waals surface area contributed by atoms with Crippen LogP contribution in [0.15, 0.2) is 18.3 Å². The second kappa shape index (κ2) is 5.50. The van der Waals surface area contributed by atoms with Crippen LogP contribution in [0.2, 0.25) is 0 Å². The summed E-state index contributed by atoms with van der Waals surface area (Å²) >= 11 is 0. The fourth-order valence-corrected chi connectivity index (χ4v) is 2.18. The van der Waals surface area contributed by atoms with Crippen LogP contribution in [0, 0.1) is 0 Å². The van der Waals surface area contributed by atoms with Crippen LogP contribution in [-0.2, 0) is 4.74 Å². The Balaban J connectivity index is 2.11. The first-order chi connectivity index (χ1) is 8.22. The molecular formula is C14H22N2O. The van der Waals surface area contributed by atoms with Gasteiger partial charge in [-0.05, 0) is 31.4 Å². The van der Waals surface area contributed by atoms with E-state index < -0.39 is 0 Å². The molecule has 3 nitrogen and oxygen atoms in total. The first-order valence-corrected chi connectivity index (χ1v) is 6.52. The van der Waals surface area contributed by atoms with Gasteiger partial charge in [0, 0.05) is 18.3 Å². The molecule has 1 aliphatic heterocycles. The molecule has 0 spiro atoms. The molecule has 17 heavy (non-hydrogen) atoms. The third-order valence-electron chi connectivity index (χ3n) is 3.59. The number of hydrogen-bond donors (Lipinski definition) is 0. The van der Waals surface area contributed by atoms with Gasteiger partial charge in [-0.15, -0.1) is 0 Å². The summed E-state index contributed by atoms with van der Waals surface area (Å²) in [6.45, 7) is 9.21. The van der Waals surface area contributed by atoms with E-state index in [1.54, 1.807) is 0 Å². The van der Waals surface area contributed by atoms with Crippen molar-refractivity contribution in [3.05, 3.63) is 24.0 Å². The monoisotopic (exact) mass is 234 g/mol. The van der Waals surface area contributed by atoms with E-state index >= 15 is 0 Å². The third kappa shape index (κ3) is 2.78. The summed E-state index contributed by atoms with van der Waals surface area (Å²) in [5.74, 6) is 0.547. The van der Waals surface area contributed by atoms with Crippen LogP contribution in [0.5, 0.6) is 0 Å². The van der Waals surface area contributed by atoms with Crippen molar-refractivity contribution in [1.29, 1.82) is 0 Å². The highest BCUT2D eigenvalue weighted by Crippen LogP contribution is 2.22. The van der Waals surface area contributed by atoms with E-state index in [1.165, 1.54) is 11.4 Å². The minimum absolute atomic E-state index is 0.444. The number of hydrogen-bond acceptors (Lipinski definition) is 3. The lowest BCUT2D eigenvalue weighted by atomic mass is 10.0. The quantitative estimate of drug-likeness (QED) is 0.804. The molecule has 1 unspecified atom stereocenters. The van der Waals surface area contributed by atoms with E-state index in [9.17, 15) is 0 Å². The van der Waals surface area contributed by atoms with E-state index in [1.807, 2.05) is 6.20 Å². The number of ether oxygens (including phenoxy) is 1. The van der Waals surface area contributed by atoms with Gasteiger partial charge in [0.1, 0.15) is 0 Å². The molecule has 0 N–H and O–H groups in total. The molecule has 0 saturated carbocycles. The van der Waals surface area contributed by atoms with Crippen molar-refractivity contribution in [2.75, 3.05) is 24.7 Å². The second-order valence-corrected chi connectivity index (χ2v) is 4.87. The first-order valence-electron chi connectivity index (χ1n) is 6.52. The smallest absolute Gasteiger partial charge is 0.0668 e. The van der Waals surface area contributed by atoms with Crippen molar-refractivity contribution in [3.63, 3.8) is 0 Å². The second-order valence-electron chi connectivity index (χ2n) is 4.87. The lowest BCUT2D eigenvalue weighted by molar-refractivity contribution is 0.0989. The van der Waals surface area contributed by atoms with E-state index in [4.69, 9.17) is 4.74 Å². The molecule has 3 heteroatoms. The van der Waals surface area contributed by atoms with Gasteiger partial charge in [-0.25, -0.2) is 0 Å². The van der Waals surface area contributed by atoms with Gasteiger partial charge in [-0.1, -0.05) is 13.8 Å². The molecule has 1 aromatic rings. The van der Waals surface area contributed by atoms with Gasteiger partial charge < -0.3 is 9.64 Å². The molecule has 2 atom stereocenters. The lowest BCUT2D eigenvalue weighted by Crippen LogP contribution is -2.43. The zero-order valence-electron chi connectivity index (χ0n) is 11.0. The molecule has 1 saturated heterocycles. The molecular weight excluding hydrogens is 212 g/mol. The molecule has 0 bridgehead atoms. The Hall–Kier alpha value is -1.09. The van der Waals surface area contributed by atoms with Gasteiger partial charge in [0.15, 0.2) is 0 Å². The maximum Gasteiger partial charge on any atom is 0.0668 e. The largest absolute Gasteiger partial charge is 0.377 e. The number of morpholine rings is 1. The minimum Gasteiger partial charge on any atom is -0.377 e. The van der Waals surface area contributed by atoms with E-state index in [0.29, 0.717) is 12.0 Å². The third-order valence-corrected chi connectivity index (χ3v) is 3.59. The van der Waals surface area contributed by atoms with Crippen molar-refractivity contribution in [2.24, 2.45) is 0 Å². The van der Waals surface area contributed by atoms with Crippen molar-refractivity contribution >= 4 is 5.69 Å². The fraction of sp³-hybridized carbons (Fsp3) is 0.643. The zero-order valence-corrected chi connectivity index (χ0v) is 11.0. The standard InChI is InChI=1S/C14H22N2O/c1-4-11(2)14-6-5-13(9-15-14)16-7-8-17-10-12(16)3/h5-6,9,11-12H,4,7-8,10H2,1-3H3/t11?,12-/m0/s1. The Labute approximate surface area is 104 Å². The first kappa shape index (κ1) is 12.4. The Morgan fingerprint density at radius 3 is 2.94 bits per heavy atom. The topological polar surface area (TPSA) is 25.4 Å². The predicted molar refractivity (Wildman–Crippen MR) is 70.6 cm³/mol. The van der Waals surface area contributed by atoms with E-state index in [2.05, 4.69) is 42.8 Å². The average Bonchev–Trinajstić information content (AvgIpc) is 2.39. The van der Waals surface area contributed by atoms with Gasteiger partial charge in [-0.3, -0.25) is 4.98 Å². The number of nitrogens with zero attached hydrogens (tertiary/aromatic N) is 2. The van der Waals surface area contributed by atoms with Crippen molar-refractivity contribution in [3.8, 4) is 0 Å². The summed E-state index contributed by atoms with van der Waals surface area (Å²) < 4.78 is 5.45. The van der Waals surface area contributed by atoms with Crippen LogP contribution in [-0.4, -0.2) is 30.8 Å². The Morgan fingerprint density at radius 2 is 2.35 bits per heavy atom. The van der Waals surface area contributed by atoms with Gasteiger partial charge in [0.2, 0.25) is 0 Å². The fourth-order valence-electron chi connectivity index (χ4n) is 2.18. The summed E-state index contributed by atoms with van der Waals surface area (Å²) in [5, 5.41) is 0. The highest BCUT2D eigenvalue weighted by Gasteiger charge is 2.19. The molecule has 1 fully saturated rings.